The van der Waals surface area contributed by atoms with Gasteiger partial charge in [-0.3, -0.25) is 9.78 Å². The lowest BCUT2D eigenvalue weighted by molar-refractivity contribution is 0.102. The second-order valence-corrected chi connectivity index (χ2v) is 5.90. The second-order valence-electron chi connectivity index (χ2n) is 4.92. The van der Waals surface area contributed by atoms with Gasteiger partial charge in [0, 0.05) is 24.7 Å². The number of pyridine rings is 2. The van der Waals surface area contributed by atoms with Crippen LogP contribution in [0.5, 0.6) is 0 Å². The zero-order valence-corrected chi connectivity index (χ0v) is 13.7. The predicted octanol–water partition coefficient (Wildman–Crippen LogP) is 3.29. The summed E-state index contributed by atoms with van der Waals surface area (Å²) in [6, 6.07) is 8.29. The lowest BCUT2D eigenvalue weighted by Crippen LogP contribution is -2.17. The number of carbonyl (C=O) groups excluding carboxylic acids is 1. The van der Waals surface area contributed by atoms with E-state index in [9.17, 15) is 13.6 Å². The maximum Gasteiger partial charge on any atom is 0.290 e. The van der Waals surface area contributed by atoms with Gasteiger partial charge < -0.3 is 5.32 Å². The van der Waals surface area contributed by atoms with Crippen LogP contribution in [-0.4, -0.2) is 31.4 Å². The van der Waals surface area contributed by atoms with Crippen LogP contribution >= 0.6 is 11.8 Å². The van der Waals surface area contributed by atoms with Crippen molar-refractivity contribution < 1.29 is 13.6 Å². The van der Waals surface area contributed by atoms with Gasteiger partial charge in [-0.25, -0.2) is 9.67 Å². The first-order chi connectivity index (χ1) is 12.1. The van der Waals surface area contributed by atoms with E-state index in [1.807, 2.05) is 12.1 Å². The van der Waals surface area contributed by atoms with Crippen LogP contribution in [-0.2, 0) is 6.54 Å². The van der Waals surface area contributed by atoms with Gasteiger partial charge in [-0.1, -0.05) is 0 Å². The Kier molecular flexibility index (Phi) is 5.34. The molecule has 0 aromatic carbocycles. The fourth-order valence-electron chi connectivity index (χ4n) is 2.15. The third-order valence-corrected chi connectivity index (χ3v) is 3.98. The largest absolute Gasteiger partial charge is 0.307 e. The average Bonchev–Trinajstić information content (AvgIpc) is 3.02. The number of rotatable bonds is 6. The van der Waals surface area contributed by atoms with Gasteiger partial charge in [-0.05, 0) is 41.6 Å². The molecule has 0 fully saturated rings. The summed E-state index contributed by atoms with van der Waals surface area (Å²) in [5.41, 5.74) is 1.05. The molecular weight excluding hydrogens is 348 g/mol. The summed E-state index contributed by atoms with van der Waals surface area (Å²) in [5.74, 6) is -2.72. The number of halogens is 2. The molecule has 0 aliphatic rings. The Morgan fingerprint density at radius 3 is 2.72 bits per heavy atom. The smallest absolute Gasteiger partial charge is 0.290 e. The molecule has 1 amide bonds. The van der Waals surface area contributed by atoms with E-state index in [4.69, 9.17) is 0 Å². The number of nitrogens with one attached hydrogen (secondary N) is 1. The molecule has 0 atom stereocenters. The Morgan fingerprint density at radius 1 is 1.16 bits per heavy atom. The summed E-state index contributed by atoms with van der Waals surface area (Å²) in [4.78, 5) is 20.3. The molecule has 128 valence electrons. The van der Waals surface area contributed by atoms with E-state index < -0.39 is 11.7 Å². The standard InChI is InChI=1S/C16H13F2N5OS/c17-16(18)25-15-12(2-1-6-20-15)14(24)22-13-5-9-21-23(13)10-11-3-7-19-8-4-11/h1-9,16H,10H2,(H,22,24). The van der Waals surface area contributed by atoms with Crippen LogP contribution < -0.4 is 5.32 Å². The van der Waals surface area contributed by atoms with Crippen LogP contribution in [0.4, 0.5) is 14.6 Å². The maximum absolute atomic E-state index is 12.6. The minimum Gasteiger partial charge on any atom is -0.307 e. The van der Waals surface area contributed by atoms with Crippen molar-refractivity contribution in [2.24, 2.45) is 0 Å². The molecule has 1 N–H and O–H groups in total. The summed E-state index contributed by atoms with van der Waals surface area (Å²) in [7, 11) is 0. The number of thioether (sulfide) groups is 1. The number of hydrogen-bond acceptors (Lipinski definition) is 5. The van der Waals surface area contributed by atoms with Gasteiger partial charge in [-0.2, -0.15) is 13.9 Å². The third-order valence-electron chi connectivity index (χ3n) is 3.26. The molecule has 0 aliphatic carbocycles. The molecule has 3 aromatic heterocycles. The number of anilines is 1. The van der Waals surface area contributed by atoms with Crippen molar-refractivity contribution in [3.63, 3.8) is 0 Å². The van der Waals surface area contributed by atoms with Crippen LogP contribution in [0, 0.1) is 0 Å². The molecule has 0 saturated heterocycles. The van der Waals surface area contributed by atoms with Crippen molar-refractivity contribution in [2.75, 3.05) is 5.32 Å². The molecule has 0 aliphatic heterocycles. The van der Waals surface area contributed by atoms with Crippen molar-refractivity contribution in [3.05, 3.63) is 66.2 Å². The van der Waals surface area contributed by atoms with Crippen LogP contribution in [0.25, 0.3) is 0 Å². The Labute approximate surface area is 146 Å². The second kappa shape index (κ2) is 7.84. The van der Waals surface area contributed by atoms with E-state index in [0.29, 0.717) is 12.4 Å². The average molecular weight is 361 g/mol. The summed E-state index contributed by atoms with van der Waals surface area (Å²) in [6.45, 7) is 0.441. The SMILES string of the molecule is O=C(Nc1ccnn1Cc1ccncc1)c1cccnc1SC(F)F. The van der Waals surface area contributed by atoms with Gasteiger partial charge in [0.25, 0.3) is 11.7 Å². The van der Waals surface area contributed by atoms with E-state index in [2.05, 4.69) is 20.4 Å². The molecule has 0 unspecified atom stereocenters. The highest BCUT2D eigenvalue weighted by molar-refractivity contribution is 7.99. The predicted molar refractivity (Wildman–Crippen MR) is 89.6 cm³/mol. The van der Waals surface area contributed by atoms with Gasteiger partial charge >= 0.3 is 0 Å². The normalized spacial score (nSPS) is 10.8. The first-order valence-electron chi connectivity index (χ1n) is 7.25. The maximum atomic E-state index is 12.6. The highest BCUT2D eigenvalue weighted by Crippen LogP contribution is 2.26. The van der Waals surface area contributed by atoms with Gasteiger partial charge in [0.2, 0.25) is 0 Å². The van der Waals surface area contributed by atoms with Gasteiger partial charge in [0.15, 0.2) is 0 Å². The highest BCUT2D eigenvalue weighted by atomic mass is 32.2. The van der Waals surface area contributed by atoms with E-state index in [1.165, 1.54) is 18.3 Å². The van der Waals surface area contributed by atoms with Crippen LogP contribution in [0.3, 0.4) is 0 Å². The Bertz CT molecular complexity index is 856. The number of nitrogens with zero attached hydrogens (tertiary/aromatic N) is 4. The minimum absolute atomic E-state index is 0.0183. The summed E-state index contributed by atoms with van der Waals surface area (Å²) in [6.07, 6.45) is 6.26. The molecule has 0 radical (unpaired) electrons. The quantitative estimate of drug-likeness (QED) is 0.682. The summed E-state index contributed by atoms with van der Waals surface area (Å²) < 4.78 is 26.8. The van der Waals surface area contributed by atoms with Crippen molar-refractivity contribution in [2.45, 2.75) is 17.3 Å². The number of aromatic nitrogens is 4. The molecular formula is C16H13F2N5OS. The first-order valence-corrected chi connectivity index (χ1v) is 8.13. The number of carbonyl (C=O) groups is 1. The topological polar surface area (TPSA) is 72.7 Å². The van der Waals surface area contributed by atoms with Crippen molar-refractivity contribution >= 4 is 23.5 Å². The fraction of sp³-hybridized carbons (Fsp3) is 0.125. The minimum atomic E-state index is -2.65. The number of hydrogen-bond donors (Lipinski definition) is 1. The lowest BCUT2D eigenvalue weighted by atomic mass is 10.2. The molecule has 0 saturated carbocycles. The molecule has 3 aromatic rings. The molecule has 25 heavy (non-hydrogen) atoms. The molecule has 0 bridgehead atoms. The molecule has 0 spiro atoms. The van der Waals surface area contributed by atoms with Gasteiger partial charge in [0.05, 0.1) is 18.3 Å². The number of amides is 1. The molecule has 3 rings (SSSR count). The molecule has 6 nitrogen and oxygen atoms in total. The summed E-state index contributed by atoms with van der Waals surface area (Å²) >= 11 is 0.238. The zero-order chi connectivity index (χ0) is 17.6. The highest BCUT2D eigenvalue weighted by Gasteiger charge is 2.18. The van der Waals surface area contributed by atoms with E-state index in [1.54, 1.807) is 29.3 Å². The monoisotopic (exact) mass is 361 g/mol. The molecule has 9 heteroatoms. The number of alkyl halides is 2. The zero-order valence-electron chi connectivity index (χ0n) is 12.8. The van der Waals surface area contributed by atoms with Crippen LogP contribution in [0.1, 0.15) is 15.9 Å². The Morgan fingerprint density at radius 2 is 1.96 bits per heavy atom. The van der Waals surface area contributed by atoms with E-state index >= 15 is 0 Å². The van der Waals surface area contributed by atoms with Crippen LogP contribution in [0.2, 0.25) is 0 Å². The van der Waals surface area contributed by atoms with E-state index in [0.717, 1.165) is 5.56 Å². The van der Waals surface area contributed by atoms with Crippen molar-refractivity contribution in [1.29, 1.82) is 0 Å². The third kappa shape index (κ3) is 4.38. The van der Waals surface area contributed by atoms with Crippen LogP contribution in [0.15, 0.2) is 60.1 Å². The van der Waals surface area contributed by atoms with E-state index in [-0.39, 0.29) is 22.4 Å². The fourth-order valence-corrected chi connectivity index (χ4v) is 2.73. The Hall–Kier alpha value is -2.81. The van der Waals surface area contributed by atoms with Crippen molar-refractivity contribution in [3.8, 4) is 0 Å². The molecule has 3 heterocycles. The first kappa shape index (κ1) is 17.0. The van der Waals surface area contributed by atoms with Gasteiger partial charge in [-0.15, -0.1) is 0 Å². The van der Waals surface area contributed by atoms with Crippen molar-refractivity contribution in [1.82, 2.24) is 19.7 Å². The Balaban J connectivity index is 1.78. The summed E-state index contributed by atoms with van der Waals surface area (Å²) in [5, 5.41) is 6.84. The lowest BCUT2D eigenvalue weighted by Gasteiger charge is -2.11. The van der Waals surface area contributed by atoms with Gasteiger partial charge in [0.1, 0.15) is 10.8 Å².